The number of hydrogen-bond donors (Lipinski definition) is 1. The number of nitrogens with zero attached hydrogens (tertiary/aromatic N) is 1. The molecule has 0 aliphatic heterocycles. The van der Waals surface area contributed by atoms with Crippen molar-refractivity contribution in [1.29, 1.82) is 5.26 Å². The molecule has 0 saturated heterocycles. The van der Waals surface area contributed by atoms with Crippen LogP contribution in [0.15, 0.2) is 36.4 Å². The smallest absolute Gasteiger partial charge is 0.125 e. The summed E-state index contributed by atoms with van der Waals surface area (Å²) in [5.41, 5.74) is 0.672. The lowest BCUT2D eigenvalue weighted by Crippen LogP contribution is -2.28. The van der Waals surface area contributed by atoms with E-state index in [0.717, 1.165) is 19.3 Å². The maximum Gasteiger partial charge on any atom is 0.125 e. The molecule has 88 valence electrons. The van der Waals surface area contributed by atoms with Gasteiger partial charge in [0.25, 0.3) is 0 Å². The standard InChI is InChI=1S/C14H15FN2/c15-12-7-4-8-13(9-12)17-14(10-16)11-5-2-1-3-6-11/h1-2,4,7-9,11,14,17H,3,5-6H2. The zero-order valence-electron chi connectivity index (χ0n) is 9.57. The van der Waals surface area contributed by atoms with E-state index in [0.29, 0.717) is 11.6 Å². The molecule has 0 fully saturated rings. The zero-order valence-corrected chi connectivity index (χ0v) is 9.57. The summed E-state index contributed by atoms with van der Waals surface area (Å²) in [4.78, 5) is 0. The van der Waals surface area contributed by atoms with Gasteiger partial charge in [-0.15, -0.1) is 0 Å². The van der Waals surface area contributed by atoms with Crippen LogP contribution in [0.3, 0.4) is 0 Å². The first kappa shape index (κ1) is 11.7. The predicted octanol–water partition coefficient (Wildman–Crippen LogP) is 3.49. The number of nitriles is 1. The molecule has 0 heterocycles. The SMILES string of the molecule is N#CC(Nc1cccc(F)c1)C1CC=CCC1. The highest BCUT2D eigenvalue weighted by Gasteiger charge is 2.21. The molecule has 2 nitrogen and oxygen atoms in total. The number of rotatable bonds is 3. The molecular weight excluding hydrogens is 215 g/mol. The number of anilines is 1. The minimum atomic E-state index is -0.282. The lowest BCUT2D eigenvalue weighted by molar-refractivity contribution is 0.457. The van der Waals surface area contributed by atoms with Crippen LogP contribution in [0.1, 0.15) is 19.3 Å². The van der Waals surface area contributed by atoms with Crippen LogP contribution in [0.2, 0.25) is 0 Å². The van der Waals surface area contributed by atoms with Gasteiger partial charge in [0.1, 0.15) is 11.9 Å². The Kier molecular flexibility index (Phi) is 3.77. The Balaban J connectivity index is 2.05. The molecule has 17 heavy (non-hydrogen) atoms. The Morgan fingerprint density at radius 3 is 2.94 bits per heavy atom. The molecule has 1 aromatic rings. The van der Waals surface area contributed by atoms with E-state index in [1.54, 1.807) is 12.1 Å². The van der Waals surface area contributed by atoms with Crippen molar-refractivity contribution in [3.05, 3.63) is 42.2 Å². The highest BCUT2D eigenvalue weighted by Crippen LogP contribution is 2.24. The fourth-order valence-corrected chi connectivity index (χ4v) is 2.13. The Hall–Kier alpha value is -1.82. The minimum Gasteiger partial charge on any atom is -0.370 e. The van der Waals surface area contributed by atoms with Crippen molar-refractivity contribution in [2.75, 3.05) is 5.32 Å². The highest BCUT2D eigenvalue weighted by atomic mass is 19.1. The highest BCUT2D eigenvalue weighted by molar-refractivity contribution is 5.45. The topological polar surface area (TPSA) is 35.8 Å². The Morgan fingerprint density at radius 1 is 1.41 bits per heavy atom. The summed E-state index contributed by atoms with van der Waals surface area (Å²) >= 11 is 0. The minimum absolute atomic E-state index is 0.248. The lowest BCUT2D eigenvalue weighted by Gasteiger charge is -2.24. The maximum absolute atomic E-state index is 13.0. The van der Waals surface area contributed by atoms with Crippen LogP contribution in [-0.4, -0.2) is 6.04 Å². The monoisotopic (exact) mass is 230 g/mol. The summed E-state index contributed by atoms with van der Waals surface area (Å²) in [5.74, 6) is 0.0310. The van der Waals surface area contributed by atoms with Gasteiger partial charge in [-0.05, 0) is 43.4 Å². The fraction of sp³-hybridized carbons (Fsp3) is 0.357. The van der Waals surface area contributed by atoms with Gasteiger partial charge < -0.3 is 5.32 Å². The second-order valence-electron chi connectivity index (χ2n) is 4.31. The molecule has 1 aromatic carbocycles. The zero-order chi connectivity index (χ0) is 12.1. The van der Waals surface area contributed by atoms with Gasteiger partial charge in [0, 0.05) is 5.69 Å². The van der Waals surface area contributed by atoms with Gasteiger partial charge in [0.2, 0.25) is 0 Å². The van der Waals surface area contributed by atoms with Crippen LogP contribution in [0.4, 0.5) is 10.1 Å². The molecule has 2 atom stereocenters. The van der Waals surface area contributed by atoms with Crippen molar-refractivity contribution in [2.24, 2.45) is 5.92 Å². The molecule has 1 aliphatic carbocycles. The molecular formula is C14H15FN2. The number of hydrogen-bond acceptors (Lipinski definition) is 2. The predicted molar refractivity (Wildman–Crippen MR) is 65.9 cm³/mol. The van der Waals surface area contributed by atoms with E-state index in [2.05, 4.69) is 23.5 Å². The Labute approximate surface area is 101 Å². The van der Waals surface area contributed by atoms with Crippen LogP contribution in [0, 0.1) is 23.1 Å². The average molecular weight is 230 g/mol. The first-order chi connectivity index (χ1) is 8.29. The number of allylic oxidation sites excluding steroid dienone is 2. The molecule has 0 saturated carbocycles. The van der Waals surface area contributed by atoms with E-state index < -0.39 is 0 Å². The van der Waals surface area contributed by atoms with Crippen molar-refractivity contribution >= 4 is 5.69 Å². The summed E-state index contributed by atoms with van der Waals surface area (Å²) in [6, 6.07) is 8.27. The van der Waals surface area contributed by atoms with E-state index >= 15 is 0 Å². The van der Waals surface area contributed by atoms with E-state index in [9.17, 15) is 9.65 Å². The van der Waals surface area contributed by atoms with Gasteiger partial charge >= 0.3 is 0 Å². The number of halogens is 1. The van der Waals surface area contributed by atoms with Crippen LogP contribution in [0.25, 0.3) is 0 Å². The first-order valence-electron chi connectivity index (χ1n) is 5.86. The van der Waals surface area contributed by atoms with E-state index in [1.165, 1.54) is 12.1 Å². The lowest BCUT2D eigenvalue weighted by atomic mass is 9.88. The van der Waals surface area contributed by atoms with Crippen molar-refractivity contribution in [3.63, 3.8) is 0 Å². The molecule has 1 N–H and O–H groups in total. The largest absolute Gasteiger partial charge is 0.370 e. The third kappa shape index (κ3) is 3.07. The van der Waals surface area contributed by atoms with Gasteiger partial charge in [-0.3, -0.25) is 0 Å². The van der Waals surface area contributed by atoms with Crippen molar-refractivity contribution in [2.45, 2.75) is 25.3 Å². The summed E-state index contributed by atoms with van der Waals surface area (Å²) in [5, 5.41) is 12.3. The van der Waals surface area contributed by atoms with Gasteiger partial charge in [0.15, 0.2) is 0 Å². The third-order valence-corrected chi connectivity index (χ3v) is 3.07. The van der Waals surface area contributed by atoms with Crippen molar-refractivity contribution < 1.29 is 4.39 Å². The van der Waals surface area contributed by atoms with Gasteiger partial charge in [0.05, 0.1) is 6.07 Å². The summed E-state index contributed by atoms with van der Waals surface area (Å²) in [6.07, 6.45) is 7.21. The molecule has 0 amide bonds. The molecule has 1 aliphatic rings. The molecule has 0 bridgehead atoms. The molecule has 0 aromatic heterocycles. The average Bonchev–Trinajstić information content (AvgIpc) is 2.37. The second kappa shape index (κ2) is 5.49. The van der Waals surface area contributed by atoms with Crippen LogP contribution in [-0.2, 0) is 0 Å². The fourth-order valence-electron chi connectivity index (χ4n) is 2.13. The first-order valence-corrected chi connectivity index (χ1v) is 5.86. The van der Waals surface area contributed by atoms with Crippen LogP contribution >= 0.6 is 0 Å². The van der Waals surface area contributed by atoms with Gasteiger partial charge in [-0.1, -0.05) is 18.2 Å². The Morgan fingerprint density at radius 2 is 2.29 bits per heavy atom. The number of nitrogens with one attached hydrogen (secondary N) is 1. The van der Waals surface area contributed by atoms with Crippen molar-refractivity contribution in [1.82, 2.24) is 0 Å². The molecule has 3 heteroatoms. The molecule has 0 spiro atoms. The van der Waals surface area contributed by atoms with Gasteiger partial charge in [-0.2, -0.15) is 5.26 Å². The molecule has 0 radical (unpaired) electrons. The normalized spacial score (nSPS) is 20.6. The van der Waals surface area contributed by atoms with Gasteiger partial charge in [-0.25, -0.2) is 4.39 Å². The van der Waals surface area contributed by atoms with E-state index in [4.69, 9.17) is 0 Å². The van der Waals surface area contributed by atoms with Crippen LogP contribution in [0.5, 0.6) is 0 Å². The Bertz CT molecular complexity index is 448. The third-order valence-electron chi connectivity index (χ3n) is 3.07. The van der Waals surface area contributed by atoms with E-state index in [1.807, 2.05) is 0 Å². The molecule has 2 unspecified atom stereocenters. The molecule has 2 rings (SSSR count). The maximum atomic E-state index is 13.0. The van der Waals surface area contributed by atoms with Crippen LogP contribution < -0.4 is 5.32 Å². The van der Waals surface area contributed by atoms with Crippen molar-refractivity contribution in [3.8, 4) is 6.07 Å². The summed E-state index contributed by atoms with van der Waals surface area (Å²) in [6.45, 7) is 0. The summed E-state index contributed by atoms with van der Waals surface area (Å²) < 4.78 is 13.0. The second-order valence-corrected chi connectivity index (χ2v) is 4.31. The van der Waals surface area contributed by atoms with E-state index in [-0.39, 0.29) is 11.9 Å². The summed E-state index contributed by atoms with van der Waals surface area (Å²) in [7, 11) is 0. The quantitative estimate of drug-likeness (QED) is 0.807. The number of benzene rings is 1.